The fraction of sp³-hybridized carbons (Fsp3) is 0.583. The first kappa shape index (κ1) is 12.0. The van der Waals surface area contributed by atoms with Gasteiger partial charge in [-0.2, -0.15) is 0 Å². The van der Waals surface area contributed by atoms with Crippen LogP contribution in [0.5, 0.6) is 0 Å². The first-order valence-electron chi connectivity index (χ1n) is 5.49. The summed E-state index contributed by atoms with van der Waals surface area (Å²) in [6.45, 7) is 0.282. The third-order valence-electron chi connectivity index (χ3n) is 2.33. The molecule has 0 aliphatic heterocycles. The van der Waals surface area contributed by atoms with Crippen molar-refractivity contribution in [3.63, 3.8) is 0 Å². The van der Waals surface area contributed by atoms with Crippen LogP contribution >= 0.6 is 0 Å². The van der Waals surface area contributed by atoms with Crippen molar-refractivity contribution in [3.05, 3.63) is 23.7 Å². The molecule has 3 heteroatoms. The number of rotatable bonds is 8. The molecule has 15 heavy (non-hydrogen) atoms. The number of aliphatic hydroxyl groups is 1. The maximum absolute atomic E-state index is 10.2. The van der Waals surface area contributed by atoms with E-state index in [1.54, 1.807) is 0 Å². The van der Waals surface area contributed by atoms with E-state index in [0.29, 0.717) is 6.42 Å². The smallest absolute Gasteiger partial charge is 0.127 e. The minimum Gasteiger partial charge on any atom is -0.466 e. The van der Waals surface area contributed by atoms with Crippen molar-refractivity contribution < 1.29 is 14.3 Å². The van der Waals surface area contributed by atoms with Crippen LogP contribution in [-0.2, 0) is 17.6 Å². The normalized spacial score (nSPS) is 10.5. The maximum Gasteiger partial charge on any atom is 0.127 e. The second kappa shape index (κ2) is 7.23. The van der Waals surface area contributed by atoms with Gasteiger partial charge in [0.15, 0.2) is 0 Å². The zero-order valence-corrected chi connectivity index (χ0v) is 8.95. The SMILES string of the molecule is O=CCc1ccc(CCCCCCO)o1. The third kappa shape index (κ3) is 4.79. The van der Waals surface area contributed by atoms with Gasteiger partial charge in [0.2, 0.25) is 0 Å². The van der Waals surface area contributed by atoms with Crippen molar-refractivity contribution in [3.8, 4) is 0 Å². The van der Waals surface area contributed by atoms with Crippen LogP contribution in [0.15, 0.2) is 16.5 Å². The van der Waals surface area contributed by atoms with Crippen LogP contribution in [0, 0.1) is 0 Å². The van der Waals surface area contributed by atoms with Crippen molar-refractivity contribution in [2.45, 2.75) is 38.5 Å². The van der Waals surface area contributed by atoms with Crippen LogP contribution in [0.4, 0.5) is 0 Å². The third-order valence-corrected chi connectivity index (χ3v) is 2.33. The van der Waals surface area contributed by atoms with E-state index in [1.165, 1.54) is 0 Å². The topological polar surface area (TPSA) is 50.4 Å². The van der Waals surface area contributed by atoms with E-state index in [9.17, 15) is 4.79 Å². The van der Waals surface area contributed by atoms with Gasteiger partial charge in [-0.25, -0.2) is 0 Å². The molecule has 0 aromatic carbocycles. The van der Waals surface area contributed by atoms with E-state index >= 15 is 0 Å². The number of hydrogen-bond acceptors (Lipinski definition) is 3. The van der Waals surface area contributed by atoms with Crippen LogP contribution in [0.25, 0.3) is 0 Å². The molecule has 0 atom stereocenters. The zero-order chi connectivity index (χ0) is 10.9. The molecule has 0 saturated carbocycles. The first-order chi connectivity index (χ1) is 7.36. The van der Waals surface area contributed by atoms with E-state index in [2.05, 4.69) is 0 Å². The second-order valence-electron chi connectivity index (χ2n) is 3.63. The molecule has 0 fully saturated rings. The lowest BCUT2D eigenvalue weighted by Gasteiger charge is -1.97. The number of unbranched alkanes of at least 4 members (excludes halogenated alkanes) is 3. The average Bonchev–Trinajstić information content (AvgIpc) is 2.66. The van der Waals surface area contributed by atoms with E-state index in [0.717, 1.165) is 49.9 Å². The van der Waals surface area contributed by atoms with Crippen LogP contribution in [0.2, 0.25) is 0 Å². The lowest BCUT2D eigenvalue weighted by atomic mass is 10.1. The van der Waals surface area contributed by atoms with E-state index in [-0.39, 0.29) is 6.61 Å². The standard InChI is InChI=1S/C12H18O3/c13-9-4-2-1-3-5-11-6-7-12(15-11)8-10-14/h6-7,10,13H,1-5,8-9H2. The number of aliphatic hydroxyl groups excluding tert-OH is 1. The van der Waals surface area contributed by atoms with Gasteiger partial charge in [-0.1, -0.05) is 12.8 Å². The number of aldehydes is 1. The van der Waals surface area contributed by atoms with Crippen molar-refractivity contribution in [1.29, 1.82) is 0 Å². The fourth-order valence-electron chi connectivity index (χ4n) is 1.51. The number of aryl methyl sites for hydroxylation is 1. The Morgan fingerprint density at radius 2 is 1.87 bits per heavy atom. The second-order valence-corrected chi connectivity index (χ2v) is 3.63. The summed E-state index contributed by atoms with van der Waals surface area (Å²) in [5.41, 5.74) is 0. The molecule has 0 radical (unpaired) electrons. The van der Waals surface area contributed by atoms with E-state index in [1.807, 2.05) is 12.1 Å². The molecular formula is C12H18O3. The van der Waals surface area contributed by atoms with Crippen LogP contribution in [0.1, 0.15) is 37.2 Å². The van der Waals surface area contributed by atoms with Gasteiger partial charge in [-0.05, 0) is 25.0 Å². The van der Waals surface area contributed by atoms with Gasteiger partial charge in [-0.3, -0.25) is 0 Å². The molecule has 0 unspecified atom stereocenters. The van der Waals surface area contributed by atoms with Crippen LogP contribution in [-0.4, -0.2) is 18.0 Å². The Kier molecular flexibility index (Phi) is 5.78. The Morgan fingerprint density at radius 1 is 1.13 bits per heavy atom. The molecule has 0 saturated heterocycles. The molecule has 0 amide bonds. The Bertz CT molecular complexity index is 278. The van der Waals surface area contributed by atoms with Gasteiger partial charge < -0.3 is 14.3 Å². The van der Waals surface area contributed by atoms with Gasteiger partial charge >= 0.3 is 0 Å². The van der Waals surface area contributed by atoms with Gasteiger partial charge in [0.05, 0.1) is 6.42 Å². The van der Waals surface area contributed by atoms with Gasteiger partial charge in [0.1, 0.15) is 17.8 Å². The molecule has 1 aromatic rings. The number of furan rings is 1. The molecule has 0 bridgehead atoms. The number of hydrogen-bond donors (Lipinski definition) is 1. The van der Waals surface area contributed by atoms with E-state index in [4.69, 9.17) is 9.52 Å². The molecule has 0 aliphatic rings. The highest BCUT2D eigenvalue weighted by Gasteiger charge is 2.01. The summed E-state index contributed by atoms with van der Waals surface area (Å²) < 4.78 is 5.45. The summed E-state index contributed by atoms with van der Waals surface area (Å²) in [7, 11) is 0. The quantitative estimate of drug-likeness (QED) is 0.528. The summed E-state index contributed by atoms with van der Waals surface area (Å²) in [4.78, 5) is 10.2. The highest BCUT2D eigenvalue weighted by Crippen LogP contribution is 2.12. The minimum absolute atomic E-state index is 0.282. The van der Waals surface area contributed by atoms with Crippen LogP contribution < -0.4 is 0 Å². The summed E-state index contributed by atoms with van der Waals surface area (Å²) in [6.07, 6.45) is 6.28. The van der Waals surface area contributed by atoms with Crippen molar-refractivity contribution in [1.82, 2.24) is 0 Å². The molecule has 1 aromatic heterocycles. The van der Waals surface area contributed by atoms with Gasteiger partial charge in [0.25, 0.3) is 0 Å². The molecule has 1 rings (SSSR count). The van der Waals surface area contributed by atoms with Gasteiger partial charge in [0, 0.05) is 13.0 Å². The van der Waals surface area contributed by atoms with Gasteiger partial charge in [-0.15, -0.1) is 0 Å². The number of carbonyl (C=O) groups excluding carboxylic acids is 1. The van der Waals surface area contributed by atoms with Crippen molar-refractivity contribution >= 4 is 6.29 Å². The summed E-state index contributed by atoms with van der Waals surface area (Å²) in [6, 6.07) is 3.79. The highest BCUT2D eigenvalue weighted by atomic mass is 16.3. The molecule has 1 N–H and O–H groups in total. The Balaban J connectivity index is 2.16. The Hall–Kier alpha value is -1.09. The highest BCUT2D eigenvalue weighted by molar-refractivity contribution is 5.53. The molecule has 84 valence electrons. The molecule has 0 spiro atoms. The molecule has 3 nitrogen and oxygen atoms in total. The lowest BCUT2D eigenvalue weighted by molar-refractivity contribution is -0.107. The Labute approximate surface area is 90.1 Å². The van der Waals surface area contributed by atoms with Crippen LogP contribution in [0.3, 0.4) is 0 Å². The molecule has 1 heterocycles. The predicted molar refractivity (Wildman–Crippen MR) is 57.7 cm³/mol. The predicted octanol–water partition coefficient (Wildman–Crippen LogP) is 2.12. The Morgan fingerprint density at radius 3 is 2.60 bits per heavy atom. The largest absolute Gasteiger partial charge is 0.466 e. The summed E-state index contributed by atoms with van der Waals surface area (Å²) in [5, 5.41) is 8.59. The maximum atomic E-state index is 10.2. The minimum atomic E-state index is 0.282. The lowest BCUT2D eigenvalue weighted by Crippen LogP contribution is -1.86. The fourth-order valence-corrected chi connectivity index (χ4v) is 1.51. The molecular weight excluding hydrogens is 192 g/mol. The zero-order valence-electron chi connectivity index (χ0n) is 8.95. The first-order valence-corrected chi connectivity index (χ1v) is 5.49. The monoisotopic (exact) mass is 210 g/mol. The summed E-state index contributed by atoms with van der Waals surface area (Å²) >= 11 is 0. The van der Waals surface area contributed by atoms with Crippen molar-refractivity contribution in [2.75, 3.05) is 6.61 Å². The number of carbonyl (C=O) groups is 1. The van der Waals surface area contributed by atoms with E-state index < -0.39 is 0 Å². The van der Waals surface area contributed by atoms with Crippen molar-refractivity contribution in [2.24, 2.45) is 0 Å². The summed E-state index contributed by atoms with van der Waals surface area (Å²) in [5.74, 6) is 1.70. The average molecular weight is 210 g/mol. The molecule has 0 aliphatic carbocycles.